The molecule has 1 aliphatic heterocycles. The van der Waals surface area contributed by atoms with Crippen molar-refractivity contribution in [3.05, 3.63) is 37.2 Å². The quantitative estimate of drug-likeness (QED) is 0.774. The van der Waals surface area contributed by atoms with Gasteiger partial charge in [-0.2, -0.15) is 0 Å². The molecular weight excluding hydrogens is 290 g/mol. The summed E-state index contributed by atoms with van der Waals surface area (Å²) in [6.45, 7) is 2.87. The molecule has 23 heavy (non-hydrogen) atoms. The molecule has 1 saturated heterocycles. The molecule has 1 atom stereocenters. The van der Waals surface area contributed by atoms with E-state index in [-0.39, 0.29) is 0 Å². The predicted molar refractivity (Wildman–Crippen MR) is 88.2 cm³/mol. The van der Waals surface area contributed by atoms with Gasteiger partial charge in [-0.1, -0.05) is 0 Å². The molecule has 0 saturated carbocycles. The van der Waals surface area contributed by atoms with Crippen molar-refractivity contribution in [2.24, 2.45) is 5.92 Å². The molecule has 0 radical (unpaired) electrons. The summed E-state index contributed by atoms with van der Waals surface area (Å²) in [5.74, 6) is 1.43. The number of nitrogens with zero attached hydrogens (tertiary/aromatic N) is 3. The third kappa shape index (κ3) is 2.90. The van der Waals surface area contributed by atoms with Gasteiger partial charge in [-0.05, 0) is 25.5 Å². The minimum atomic E-state index is 0.564. The van der Waals surface area contributed by atoms with Gasteiger partial charge >= 0.3 is 0 Å². The zero-order valence-corrected chi connectivity index (χ0v) is 12.8. The van der Waals surface area contributed by atoms with Crippen molar-refractivity contribution in [2.45, 2.75) is 12.8 Å². The van der Waals surface area contributed by atoms with Crippen LogP contribution in [-0.4, -0.2) is 39.6 Å². The van der Waals surface area contributed by atoms with E-state index in [9.17, 15) is 0 Å². The highest BCUT2D eigenvalue weighted by Gasteiger charge is 2.16. The molecule has 4 rings (SSSR count). The van der Waals surface area contributed by atoms with E-state index in [1.807, 2.05) is 12.3 Å². The summed E-state index contributed by atoms with van der Waals surface area (Å²) in [7, 11) is 0. The number of pyridine rings is 1. The second-order valence-electron chi connectivity index (χ2n) is 5.89. The molecule has 0 amide bonds. The van der Waals surface area contributed by atoms with E-state index < -0.39 is 0 Å². The van der Waals surface area contributed by atoms with Gasteiger partial charge in [0.05, 0.1) is 12.0 Å². The summed E-state index contributed by atoms with van der Waals surface area (Å²) in [5, 5.41) is 4.42. The maximum Gasteiger partial charge on any atom is 0.141 e. The molecule has 2 N–H and O–H groups in total. The average Bonchev–Trinajstić information content (AvgIpc) is 3.06. The highest BCUT2D eigenvalue weighted by Crippen LogP contribution is 2.34. The number of ether oxygens (including phenoxy) is 1. The SMILES string of the molecule is c1ncc(-c2c[nH]c3nccc(OC[C@H]4CCCNC4)c23)cn1. The van der Waals surface area contributed by atoms with Crippen molar-refractivity contribution in [3.8, 4) is 16.9 Å². The Morgan fingerprint density at radius 2 is 2.17 bits per heavy atom. The number of aromatic nitrogens is 4. The molecule has 118 valence electrons. The van der Waals surface area contributed by atoms with E-state index in [1.54, 1.807) is 18.6 Å². The van der Waals surface area contributed by atoms with Crippen LogP contribution in [0.3, 0.4) is 0 Å². The lowest BCUT2D eigenvalue weighted by Crippen LogP contribution is -2.33. The third-order valence-corrected chi connectivity index (χ3v) is 4.28. The van der Waals surface area contributed by atoms with Gasteiger partial charge in [-0.15, -0.1) is 0 Å². The molecule has 3 aromatic heterocycles. The number of fused-ring (bicyclic) bond motifs is 1. The zero-order chi connectivity index (χ0) is 15.5. The molecule has 4 heterocycles. The summed E-state index contributed by atoms with van der Waals surface area (Å²) in [6.07, 6.45) is 11.3. The first kappa shape index (κ1) is 14.1. The second kappa shape index (κ2) is 6.34. The topological polar surface area (TPSA) is 75.7 Å². The van der Waals surface area contributed by atoms with Gasteiger partial charge in [-0.3, -0.25) is 0 Å². The first-order chi connectivity index (χ1) is 11.4. The Morgan fingerprint density at radius 3 is 3.00 bits per heavy atom. The van der Waals surface area contributed by atoms with Crippen LogP contribution >= 0.6 is 0 Å². The van der Waals surface area contributed by atoms with Crippen LogP contribution in [0, 0.1) is 5.92 Å². The van der Waals surface area contributed by atoms with Gasteiger partial charge in [0, 0.05) is 48.4 Å². The molecule has 0 bridgehead atoms. The smallest absolute Gasteiger partial charge is 0.141 e. The van der Waals surface area contributed by atoms with Crippen LogP contribution in [0.25, 0.3) is 22.2 Å². The standard InChI is InChI=1S/C17H19N5O/c1-2-12(6-18-4-1)10-23-15-3-5-21-17-16(15)14(9-22-17)13-7-19-11-20-8-13/h3,5,7-9,11-12,18H,1-2,4,6,10H2,(H,21,22)/t12-/m0/s1. The maximum atomic E-state index is 6.14. The zero-order valence-electron chi connectivity index (χ0n) is 12.8. The van der Waals surface area contributed by atoms with E-state index >= 15 is 0 Å². The first-order valence-electron chi connectivity index (χ1n) is 7.97. The van der Waals surface area contributed by atoms with Crippen LogP contribution in [-0.2, 0) is 0 Å². The van der Waals surface area contributed by atoms with E-state index in [1.165, 1.54) is 19.2 Å². The number of piperidine rings is 1. The molecular formula is C17H19N5O. The predicted octanol–water partition coefficient (Wildman–Crippen LogP) is 2.40. The normalized spacial score (nSPS) is 18.2. The Kier molecular flexibility index (Phi) is 3.90. The van der Waals surface area contributed by atoms with Gasteiger partial charge in [0.2, 0.25) is 0 Å². The molecule has 0 unspecified atom stereocenters. The fourth-order valence-electron chi connectivity index (χ4n) is 3.09. The Hall–Kier alpha value is -2.47. The monoisotopic (exact) mass is 309 g/mol. The summed E-state index contributed by atoms with van der Waals surface area (Å²) >= 11 is 0. The van der Waals surface area contributed by atoms with Crippen molar-refractivity contribution in [3.63, 3.8) is 0 Å². The van der Waals surface area contributed by atoms with Crippen molar-refractivity contribution in [1.29, 1.82) is 0 Å². The van der Waals surface area contributed by atoms with Crippen molar-refractivity contribution in [1.82, 2.24) is 25.3 Å². The lowest BCUT2D eigenvalue weighted by molar-refractivity contribution is 0.220. The Labute approximate surface area is 134 Å². The minimum absolute atomic E-state index is 0.564. The van der Waals surface area contributed by atoms with Crippen LogP contribution in [0.5, 0.6) is 5.75 Å². The largest absolute Gasteiger partial charge is 0.492 e. The fraction of sp³-hybridized carbons (Fsp3) is 0.353. The molecule has 6 nitrogen and oxygen atoms in total. The van der Waals surface area contributed by atoms with E-state index in [4.69, 9.17) is 4.74 Å². The lowest BCUT2D eigenvalue weighted by atomic mass is 10.0. The Morgan fingerprint density at radius 1 is 1.26 bits per heavy atom. The van der Waals surface area contributed by atoms with Crippen molar-refractivity contribution in [2.75, 3.05) is 19.7 Å². The molecule has 1 aliphatic rings. The van der Waals surface area contributed by atoms with Gasteiger partial charge < -0.3 is 15.0 Å². The van der Waals surface area contributed by atoms with Crippen LogP contribution < -0.4 is 10.1 Å². The van der Waals surface area contributed by atoms with Gasteiger partial charge in [0.1, 0.15) is 17.7 Å². The average molecular weight is 309 g/mol. The minimum Gasteiger partial charge on any atom is -0.492 e. The third-order valence-electron chi connectivity index (χ3n) is 4.28. The number of hydrogen-bond acceptors (Lipinski definition) is 5. The number of aromatic amines is 1. The van der Waals surface area contributed by atoms with E-state index in [0.29, 0.717) is 5.92 Å². The van der Waals surface area contributed by atoms with Crippen LogP contribution in [0.4, 0.5) is 0 Å². The molecule has 3 aromatic rings. The Balaban J connectivity index is 1.65. The lowest BCUT2D eigenvalue weighted by Gasteiger charge is -2.23. The van der Waals surface area contributed by atoms with Crippen LogP contribution in [0.2, 0.25) is 0 Å². The number of rotatable bonds is 4. The number of nitrogens with one attached hydrogen (secondary N) is 2. The number of H-pyrrole nitrogens is 1. The molecule has 1 fully saturated rings. The first-order valence-corrected chi connectivity index (χ1v) is 7.97. The van der Waals surface area contributed by atoms with E-state index in [2.05, 4.69) is 25.3 Å². The summed E-state index contributed by atoms with van der Waals surface area (Å²) in [5.41, 5.74) is 2.80. The Bertz CT molecular complexity index is 780. The fourth-order valence-corrected chi connectivity index (χ4v) is 3.09. The highest BCUT2D eigenvalue weighted by molar-refractivity contribution is 5.97. The van der Waals surface area contributed by atoms with Crippen LogP contribution in [0.1, 0.15) is 12.8 Å². The highest BCUT2D eigenvalue weighted by atomic mass is 16.5. The van der Waals surface area contributed by atoms with Crippen molar-refractivity contribution < 1.29 is 4.74 Å². The van der Waals surface area contributed by atoms with Gasteiger partial charge in [0.25, 0.3) is 0 Å². The summed E-state index contributed by atoms with van der Waals surface area (Å²) < 4.78 is 6.14. The summed E-state index contributed by atoms with van der Waals surface area (Å²) in [4.78, 5) is 15.8. The van der Waals surface area contributed by atoms with Gasteiger partial charge in [-0.25, -0.2) is 15.0 Å². The second-order valence-corrected chi connectivity index (χ2v) is 5.89. The van der Waals surface area contributed by atoms with E-state index in [0.717, 1.165) is 47.6 Å². The van der Waals surface area contributed by atoms with Crippen LogP contribution in [0.15, 0.2) is 37.2 Å². The maximum absolute atomic E-state index is 6.14. The molecule has 0 aromatic carbocycles. The molecule has 0 spiro atoms. The van der Waals surface area contributed by atoms with Crippen molar-refractivity contribution >= 4 is 11.0 Å². The summed E-state index contributed by atoms with van der Waals surface area (Å²) in [6, 6.07) is 1.93. The molecule has 6 heteroatoms. The molecule has 0 aliphatic carbocycles. The number of hydrogen-bond donors (Lipinski definition) is 2. The van der Waals surface area contributed by atoms with Gasteiger partial charge in [0.15, 0.2) is 0 Å².